The lowest BCUT2D eigenvalue weighted by molar-refractivity contribution is 0.0706. The van der Waals surface area contributed by atoms with Gasteiger partial charge in [0.25, 0.3) is 5.91 Å². The van der Waals surface area contributed by atoms with E-state index in [2.05, 4.69) is 52.1 Å². The molecule has 38 heavy (non-hydrogen) atoms. The number of hydrogen-bond acceptors (Lipinski definition) is 5. The van der Waals surface area contributed by atoms with Gasteiger partial charge in [-0.2, -0.15) is 0 Å². The number of benzene rings is 2. The van der Waals surface area contributed by atoms with Gasteiger partial charge in [-0.25, -0.2) is 10.5 Å². The Kier molecular flexibility index (Phi) is 6.77. The van der Waals surface area contributed by atoms with Crippen molar-refractivity contribution in [3.05, 3.63) is 114 Å². The molecule has 7 nitrogen and oxygen atoms in total. The molecule has 1 aliphatic rings. The Morgan fingerprint density at radius 1 is 0.974 bits per heavy atom. The van der Waals surface area contributed by atoms with Gasteiger partial charge < -0.3 is 8.98 Å². The summed E-state index contributed by atoms with van der Waals surface area (Å²) in [5.41, 5.74) is 7.86. The Labute approximate surface area is 221 Å². The minimum absolute atomic E-state index is 0.422. The summed E-state index contributed by atoms with van der Waals surface area (Å²) in [6.07, 6.45) is 8.08. The van der Waals surface area contributed by atoms with Crippen molar-refractivity contribution in [1.82, 2.24) is 19.9 Å². The maximum Gasteiger partial charge on any atom is 0.274 e. The molecule has 192 valence electrons. The first-order valence-corrected chi connectivity index (χ1v) is 13.0. The highest BCUT2D eigenvalue weighted by atomic mass is 16.5. The number of hydrogen-bond donors (Lipinski definition) is 2. The van der Waals surface area contributed by atoms with Gasteiger partial charge in [0, 0.05) is 42.0 Å². The fourth-order valence-electron chi connectivity index (χ4n) is 5.37. The molecule has 2 aromatic carbocycles. The van der Waals surface area contributed by atoms with Gasteiger partial charge in [-0.15, -0.1) is 0 Å². The van der Waals surface area contributed by atoms with Gasteiger partial charge in [0.05, 0.1) is 6.26 Å². The van der Waals surface area contributed by atoms with Gasteiger partial charge >= 0.3 is 0 Å². The van der Waals surface area contributed by atoms with Gasteiger partial charge in [0.2, 0.25) is 0 Å². The molecule has 0 unspecified atom stereocenters. The topological polar surface area (TPSA) is 83.5 Å². The molecule has 2 N–H and O–H groups in total. The van der Waals surface area contributed by atoms with Crippen LogP contribution >= 0.6 is 0 Å². The van der Waals surface area contributed by atoms with Gasteiger partial charge in [0.15, 0.2) is 0 Å². The third kappa shape index (κ3) is 5.11. The first-order valence-electron chi connectivity index (χ1n) is 13.0. The van der Waals surface area contributed by atoms with E-state index < -0.39 is 5.91 Å². The SMILES string of the molecule is O=C(NO)c1ccc(Cn2ccc3cc(C4CCN(Cc5ccc(-c6ccco6)cc5)CC4)cnc32)cc1. The molecule has 1 saturated heterocycles. The van der Waals surface area contributed by atoms with Gasteiger partial charge in [0.1, 0.15) is 11.4 Å². The van der Waals surface area contributed by atoms with Crippen molar-refractivity contribution in [2.75, 3.05) is 13.1 Å². The highest BCUT2D eigenvalue weighted by Crippen LogP contribution is 2.30. The molecule has 0 bridgehead atoms. The highest BCUT2D eigenvalue weighted by Gasteiger charge is 2.21. The fraction of sp³-hybridized carbons (Fsp3) is 0.226. The number of furan rings is 1. The molecule has 0 atom stereocenters. The van der Waals surface area contributed by atoms with E-state index in [0.717, 1.165) is 60.4 Å². The third-order valence-corrected chi connectivity index (χ3v) is 7.52. The van der Waals surface area contributed by atoms with Crippen molar-refractivity contribution in [1.29, 1.82) is 0 Å². The van der Waals surface area contributed by atoms with Crippen molar-refractivity contribution in [3.63, 3.8) is 0 Å². The van der Waals surface area contributed by atoms with Crippen molar-refractivity contribution in [2.24, 2.45) is 0 Å². The first kappa shape index (κ1) is 24.2. The lowest BCUT2D eigenvalue weighted by Crippen LogP contribution is -2.32. The minimum Gasteiger partial charge on any atom is -0.464 e. The molecule has 0 saturated carbocycles. The van der Waals surface area contributed by atoms with Crippen LogP contribution in [-0.2, 0) is 13.1 Å². The van der Waals surface area contributed by atoms with Crippen LogP contribution in [0.1, 0.15) is 45.8 Å². The number of aromatic nitrogens is 2. The quantitative estimate of drug-likeness (QED) is 0.214. The lowest BCUT2D eigenvalue weighted by atomic mass is 9.90. The van der Waals surface area contributed by atoms with Crippen LogP contribution in [0.4, 0.5) is 0 Å². The number of pyridine rings is 1. The van der Waals surface area contributed by atoms with Crippen LogP contribution in [0.2, 0.25) is 0 Å². The summed E-state index contributed by atoms with van der Waals surface area (Å²) < 4.78 is 7.62. The number of carbonyl (C=O) groups excluding carboxylic acids is 1. The minimum atomic E-state index is -0.511. The van der Waals surface area contributed by atoms with Gasteiger partial charge in [-0.3, -0.25) is 14.9 Å². The molecule has 3 aromatic heterocycles. The van der Waals surface area contributed by atoms with E-state index >= 15 is 0 Å². The number of nitrogens with zero attached hydrogens (tertiary/aromatic N) is 3. The van der Waals surface area contributed by atoms with Gasteiger partial charge in [-0.1, -0.05) is 36.4 Å². The Hall–Kier alpha value is -4.20. The maximum absolute atomic E-state index is 11.5. The zero-order valence-electron chi connectivity index (χ0n) is 21.1. The Morgan fingerprint density at radius 2 is 1.71 bits per heavy atom. The molecule has 1 fully saturated rings. The predicted molar refractivity (Wildman–Crippen MR) is 146 cm³/mol. The largest absolute Gasteiger partial charge is 0.464 e. The lowest BCUT2D eigenvalue weighted by Gasteiger charge is -2.32. The van der Waals surface area contributed by atoms with E-state index in [4.69, 9.17) is 14.6 Å². The van der Waals surface area contributed by atoms with Crippen LogP contribution in [0, 0.1) is 0 Å². The number of carbonyl (C=O) groups is 1. The zero-order valence-corrected chi connectivity index (χ0v) is 21.1. The second-order valence-corrected chi connectivity index (χ2v) is 9.99. The second kappa shape index (κ2) is 10.7. The summed E-state index contributed by atoms with van der Waals surface area (Å²) >= 11 is 0. The zero-order chi connectivity index (χ0) is 25.9. The molecule has 1 amide bonds. The van der Waals surface area contributed by atoms with E-state index in [1.807, 2.05) is 30.5 Å². The molecule has 5 aromatic rings. The number of amides is 1. The van der Waals surface area contributed by atoms with Crippen LogP contribution in [0.5, 0.6) is 0 Å². The normalized spacial score (nSPS) is 14.7. The van der Waals surface area contributed by atoms with Crippen molar-refractivity contribution >= 4 is 16.9 Å². The summed E-state index contributed by atoms with van der Waals surface area (Å²) in [6, 6.07) is 24.2. The number of fused-ring (bicyclic) bond motifs is 1. The monoisotopic (exact) mass is 506 g/mol. The summed E-state index contributed by atoms with van der Waals surface area (Å²) in [6.45, 7) is 3.79. The molecule has 1 aliphatic heterocycles. The molecule has 0 spiro atoms. The third-order valence-electron chi connectivity index (χ3n) is 7.52. The van der Waals surface area contributed by atoms with E-state index in [0.29, 0.717) is 18.0 Å². The van der Waals surface area contributed by atoms with Gasteiger partial charge in [-0.05, 0) is 84.9 Å². The van der Waals surface area contributed by atoms with E-state index in [-0.39, 0.29) is 0 Å². The first-order chi connectivity index (χ1) is 18.7. The Bertz CT molecular complexity index is 1510. The number of likely N-dealkylation sites (tertiary alicyclic amines) is 1. The van der Waals surface area contributed by atoms with Crippen LogP contribution in [0.25, 0.3) is 22.4 Å². The average Bonchev–Trinajstić information content (AvgIpc) is 3.64. The Balaban J connectivity index is 1.06. The molecular formula is C31H30N4O3. The smallest absolute Gasteiger partial charge is 0.274 e. The number of hydroxylamine groups is 1. The maximum atomic E-state index is 11.5. The molecule has 4 heterocycles. The molecule has 7 heteroatoms. The summed E-state index contributed by atoms with van der Waals surface area (Å²) in [7, 11) is 0. The molecule has 0 aliphatic carbocycles. The van der Waals surface area contributed by atoms with E-state index in [9.17, 15) is 4.79 Å². The van der Waals surface area contributed by atoms with Crippen LogP contribution in [0.15, 0.2) is 95.9 Å². The summed E-state index contributed by atoms with van der Waals surface area (Å²) in [5, 5.41) is 9.94. The second-order valence-electron chi connectivity index (χ2n) is 9.99. The molecule has 0 radical (unpaired) electrons. The van der Waals surface area contributed by atoms with Crippen molar-refractivity contribution in [3.8, 4) is 11.3 Å². The van der Waals surface area contributed by atoms with Crippen molar-refractivity contribution in [2.45, 2.75) is 31.8 Å². The average molecular weight is 507 g/mol. The molecular weight excluding hydrogens is 476 g/mol. The summed E-state index contributed by atoms with van der Waals surface area (Å²) in [4.78, 5) is 18.9. The van der Waals surface area contributed by atoms with Crippen LogP contribution in [-0.4, -0.2) is 38.7 Å². The summed E-state index contributed by atoms with van der Waals surface area (Å²) in [5.74, 6) is 0.919. The number of nitrogens with one attached hydrogen (secondary N) is 1. The fourth-order valence-corrected chi connectivity index (χ4v) is 5.37. The predicted octanol–water partition coefficient (Wildman–Crippen LogP) is 5.84. The van der Waals surface area contributed by atoms with Crippen LogP contribution in [0.3, 0.4) is 0 Å². The van der Waals surface area contributed by atoms with E-state index in [1.165, 1.54) is 11.1 Å². The standard InChI is InChI=1S/C31H30N4O3/c36-31(33-37)26-9-5-23(6-10-26)21-35-16-13-27-18-28(19-32-30(27)35)24-11-14-34(15-12-24)20-22-3-7-25(8-4-22)29-2-1-17-38-29/h1-10,13,16-19,24,37H,11-12,14-15,20-21H2,(H,33,36). The molecule has 6 rings (SSSR count). The number of rotatable bonds is 7. The Morgan fingerprint density at radius 3 is 2.42 bits per heavy atom. The van der Waals surface area contributed by atoms with Crippen LogP contribution < -0.4 is 5.48 Å². The van der Waals surface area contributed by atoms with E-state index in [1.54, 1.807) is 23.9 Å². The number of piperidine rings is 1. The highest BCUT2D eigenvalue weighted by molar-refractivity contribution is 5.93. The van der Waals surface area contributed by atoms with Crippen molar-refractivity contribution < 1.29 is 14.4 Å².